The van der Waals surface area contributed by atoms with E-state index in [1.807, 2.05) is 13.8 Å². The number of ketones is 1. The maximum Gasteiger partial charge on any atom is 0.416 e. The summed E-state index contributed by atoms with van der Waals surface area (Å²) >= 11 is 0. The van der Waals surface area contributed by atoms with E-state index < -0.39 is 17.8 Å². The highest BCUT2D eigenvalue weighted by Crippen LogP contribution is 2.30. The van der Waals surface area contributed by atoms with Crippen molar-refractivity contribution in [2.75, 3.05) is 6.61 Å². The van der Waals surface area contributed by atoms with Crippen molar-refractivity contribution >= 4 is 5.78 Å². The van der Waals surface area contributed by atoms with Crippen molar-refractivity contribution in [1.29, 1.82) is 0 Å². The summed E-state index contributed by atoms with van der Waals surface area (Å²) in [5, 5.41) is 8.69. The molecule has 0 N–H and O–H groups in total. The minimum atomic E-state index is -4.40. The molecule has 0 saturated heterocycles. The van der Waals surface area contributed by atoms with Gasteiger partial charge in [-0.1, -0.05) is 0 Å². The van der Waals surface area contributed by atoms with Crippen LogP contribution in [0.4, 0.5) is 13.2 Å². The first-order chi connectivity index (χ1) is 14.5. The largest absolute Gasteiger partial charge is 0.486 e. The summed E-state index contributed by atoms with van der Waals surface area (Å²) in [6, 6.07) is 9.88. The summed E-state index contributed by atoms with van der Waals surface area (Å²) in [5.41, 5.74) is 1.66. The van der Waals surface area contributed by atoms with Gasteiger partial charge >= 0.3 is 6.18 Å². The van der Waals surface area contributed by atoms with Gasteiger partial charge in [-0.05, 0) is 75.7 Å². The van der Waals surface area contributed by atoms with Crippen molar-refractivity contribution < 1.29 is 27.4 Å². The minimum Gasteiger partial charge on any atom is -0.486 e. The van der Waals surface area contributed by atoms with Gasteiger partial charge in [0, 0.05) is 0 Å². The van der Waals surface area contributed by atoms with E-state index >= 15 is 0 Å². The van der Waals surface area contributed by atoms with E-state index in [2.05, 4.69) is 10.2 Å². The van der Waals surface area contributed by atoms with Crippen molar-refractivity contribution in [2.45, 2.75) is 40.0 Å². The zero-order chi connectivity index (χ0) is 22.8. The van der Waals surface area contributed by atoms with Crippen LogP contribution in [0.25, 0.3) is 5.69 Å². The summed E-state index contributed by atoms with van der Waals surface area (Å²) in [5.74, 6) is 1.11. The summed E-state index contributed by atoms with van der Waals surface area (Å²) in [7, 11) is 0. The van der Waals surface area contributed by atoms with E-state index in [0.29, 0.717) is 28.6 Å². The molecule has 1 unspecified atom stereocenters. The Hall–Kier alpha value is -3.36. The minimum absolute atomic E-state index is 0.00367. The first-order valence-corrected chi connectivity index (χ1v) is 9.55. The number of ether oxygens (including phenoxy) is 2. The molecule has 0 bridgehead atoms. The lowest BCUT2D eigenvalue weighted by molar-refractivity contribution is -0.137. The average molecular weight is 433 g/mol. The van der Waals surface area contributed by atoms with Gasteiger partial charge in [-0.2, -0.15) is 23.1 Å². The molecule has 2 aromatic carbocycles. The number of Topliss-reactive ketones (excluding diaryl/α,β-unsaturated/α-hetero) is 1. The molecule has 0 aliphatic heterocycles. The molecule has 1 heterocycles. The average Bonchev–Trinajstić information content (AvgIpc) is 3.08. The van der Waals surface area contributed by atoms with E-state index in [-0.39, 0.29) is 12.4 Å². The van der Waals surface area contributed by atoms with Crippen molar-refractivity contribution in [3.8, 4) is 17.2 Å². The third kappa shape index (κ3) is 5.42. The van der Waals surface area contributed by atoms with Gasteiger partial charge in [-0.25, -0.2) is 0 Å². The van der Waals surface area contributed by atoms with Gasteiger partial charge in [0.1, 0.15) is 29.9 Å². The van der Waals surface area contributed by atoms with E-state index in [4.69, 9.17) is 9.47 Å². The molecule has 31 heavy (non-hydrogen) atoms. The third-order valence-electron chi connectivity index (χ3n) is 4.52. The Morgan fingerprint density at radius 2 is 1.77 bits per heavy atom. The molecule has 1 atom stereocenters. The van der Waals surface area contributed by atoms with Crippen LogP contribution >= 0.6 is 0 Å². The number of benzene rings is 2. The van der Waals surface area contributed by atoms with Crippen molar-refractivity contribution in [3.05, 3.63) is 65.0 Å². The van der Waals surface area contributed by atoms with Gasteiger partial charge in [0.15, 0.2) is 5.78 Å². The predicted molar refractivity (Wildman–Crippen MR) is 107 cm³/mol. The molecule has 3 aromatic rings. The number of halogens is 3. The Labute approximate surface area is 177 Å². The van der Waals surface area contributed by atoms with Crippen LogP contribution in [0, 0.1) is 13.8 Å². The van der Waals surface area contributed by atoms with Gasteiger partial charge in [-0.3, -0.25) is 4.79 Å². The first-order valence-electron chi connectivity index (χ1n) is 9.55. The Balaban J connectivity index is 1.74. The highest BCUT2D eigenvalue weighted by Gasteiger charge is 2.30. The fraction of sp³-hybridized carbons (Fsp3) is 0.318. The maximum atomic E-state index is 12.8. The summed E-state index contributed by atoms with van der Waals surface area (Å²) < 4.78 is 49.7. The smallest absolute Gasteiger partial charge is 0.416 e. The van der Waals surface area contributed by atoms with Gasteiger partial charge in [0.25, 0.3) is 0 Å². The number of aryl methyl sites for hydroxylation is 2. The van der Waals surface area contributed by atoms with E-state index in [1.165, 1.54) is 23.9 Å². The SMILES string of the molecule is CC(=O)COc1ccc(OC(C)c2nn(-c3ccc(C(F)(F)F)cc3)nc2C)cc1C. The third-order valence-corrected chi connectivity index (χ3v) is 4.52. The number of hydrogen-bond acceptors (Lipinski definition) is 5. The predicted octanol–water partition coefficient (Wildman–Crippen LogP) is 5.01. The van der Waals surface area contributed by atoms with Crippen LogP contribution in [0.1, 0.15) is 42.5 Å². The van der Waals surface area contributed by atoms with Gasteiger partial charge in [0.2, 0.25) is 0 Å². The molecule has 0 spiro atoms. The number of hydrogen-bond donors (Lipinski definition) is 0. The molecule has 0 aliphatic rings. The number of carbonyl (C=O) groups excluding carboxylic acids is 1. The van der Waals surface area contributed by atoms with Crippen molar-refractivity contribution in [1.82, 2.24) is 15.0 Å². The Bertz CT molecular complexity index is 1080. The molecule has 3 rings (SSSR count). The lowest BCUT2D eigenvalue weighted by atomic mass is 10.2. The van der Waals surface area contributed by atoms with E-state index in [9.17, 15) is 18.0 Å². The van der Waals surface area contributed by atoms with Crippen LogP contribution < -0.4 is 9.47 Å². The van der Waals surface area contributed by atoms with E-state index in [1.54, 1.807) is 25.1 Å². The van der Waals surface area contributed by atoms with Gasteiger partial charge in [-0.15, -0.1) is 5.10 Å². The zero-order valence-corrected chi connectivity index (χ0v) is 17.5. The first kappa shape index (κ1) is 22.3. The summed E-state index contributed by atoms with van der Waals surface area (Å²) in [6.45, 7) is 6.87. The second-order valence-electron chi connectivity index (χ2n) is 7.18. The van der Waals surface area contributed by atoms with Crippen LogP contribution in [-0.2, 0) is 11.0 Å². The quantitative estimate of drug-likeness (QED) is 0.524. The standard InChI is InChI=1S/C22H22F3N3O3/c1-13-11-19(9-10-20(13)30-12-14(2)29)31-16(4)21-15(3)26-28(27-21)18-7-5-17(6-8-18)22(23,24)25/h5-11,16H,12H2,1-4H3. The second-order valence-corrected chi connectivity index (χ2v) is 7.18. The highest BCUT2D eigenvalue weighted by atomic mass is 19.4. The fourth-order valence-corrected chi connectivity index (χ4v) is 2.96. The second kappa shape index (κ2) is 8.79. The van der Waals surface area contributed by atoms with Gasteiger partial charge < -0.3 is 9.47 Å². The van der Waals surface area contributed by atoms with Crippen LogP contribution in [0.5, 0.6) is 11.5 Å². The molecule has 0 aliphatic carbocycles. The highest BCUT2D eigenvalue weighted by molar-refractivity contribution is 5.77. The Morgan fingerprint density at radius 3 is 2.35 bits per heavy atom. The topological polar surface area (TPSA) is 66.2 Å². The zero-order valence-electron chi connectivity index (χ0n) is 17.5. The Kier molecular flexibility index (Phi) is 6.33. The number of nitrogens with zero attached hydrogens (tertiary/aromatic N) is 3. The molecule has 0 amide bonds. The monoisotopic (exact) mass is 433 g/mol. The lowest BCUT2D eigenvalue weighted by Gasteiger charge is -2.15. The summed E-state index contributed by atoms with van der Waals surface area (Å²) in [6.07, 6.45) is -4.85. The molecule has 0 radical (unpaired) electrons. The van der Waals surface area contributed by atoms with E-state index in [0.717, 1.165) is 17.7 Å². The molecule has 0 saturated carbocycles. The maximum absolute atomic E-state index is 12.8. The molecule has 9 heteroatoms. The number of rotatable bonds is 7. The van der Waals surface area contributed by atoms with Crippen LogP contribution in [0.3, 0.4) is 0 Å². The van der Waals surface area contributed by atoms with Crippen molar-refractivity contribution in [3.63, 3.8) is 0 Å². The summed E-state index contributed by atoms with van der Waals surface area (Å²) in [4.78, 5) is 12.4. The lowest BCUT2D eigenvalue weighted by Crippen LogP contribution is -2.08. The fourth-order valence-electron chi connectivity index (χ4n) is 2.96. The normalized spacial score (nSPS) is 12.5. The Morgan fingerprint density at radius 1 is 1.10 bits per heavy atom. The number of aromatic nitrogens is 3. The molecule has 6 nitrogen and oxygen atoms in total. The van der Waals surface area contributed by atoms with Crippen LogP contribution in [0.2, 0.25) is 0 Å². The van der Waals surface area contributed by atoms with Crippen LogP contribution in [-0.4, -0.2) is 27.4 Å². The molecule has 0 fully saturated rings. The van der Waals surface area contributed by atoms with Gasteiger partial charge in [0.05, 0.1) is 16.9 Å². The molecular weight excluding hydrogens is 411 g/mol. The van der Waals surface area contributed by atoms with Crippen molar-refractivity contribution in [2.24, 2.45) is 0 Å². The van der Waals surface area contributed by atoms with Crippen LogP contribution in [0.15, 0.2) is 42.5 Å². The molecular formula is C22H22F3N3O3. The number of alkyl halides is 3. The number of carbonyl (C=O) groups is 1. The molecule has 1 aromatic heterocycles. The molecule has 164 valence electrons.